The highest BCUT2D eigenvalue weighted by atomic mass is 79.9. The third-order valence-corrected chi connectivity index (χ3v) is 2.46. The minimum Gasteiger partial charge on any atom is -0.389 e. The molecule has 78 valence electrons. The molecular formula is C9H8BrF3O. The summed E-state index contributed by atoms with van der Waals surface area (Å²) >= 11 is 2.98. The van der Waals surface area contributed by atoms with Gasteiger partial charge in [0.05, 0.1) is 11.7 Å². The standard InChI is InChI=1S/C9H8BrF3O/c1-5(14)7-3-2-6(4-8(7)10)9(11,12)13/h2-5,14H,1H3/t5-/m1/s1. The predicted octanol–water partition coefficient (Wildman–Crippen LogP) is 3.52. The van der Waals surface area contributed by atoms with Crippen molar-refractivity contribution in [3.63, 3.8) is 0 Å². The average Bonchev–Trinajstić information content (AvgIpc) is 2.01. The molecule has 0 aliphatic carbocycles. The van der Waals surface area contributed by atoms with E-state index in [1.807, 2.05) is 0 Å². The van der Waals surface area contributed by atoms with E-state index in [-0.39, 0.29) is 4.47 Å². The van der Waals surface area contributed by atoms with E-state index in [0.717, 1.165) is 12.1 Å². The first kappa shape index (κ1) is 11.5. The molecule has 0 amide bonds. The lowest BCUT2D eigenvalue weighted by molar-refractivity contribution is -0.137. The number of rotatable bonds is 1. The molecule has 0 bridgehead atoms. The monoisotopic (exact) mass is 268 g/mol. The molecule has 0 aromatic heterocycles. The highest BCUT2D eigenvalue weighted by molar-refractivity contribution is 9.10. The van der Waals surface area contributed by atoms with Crippen molar-refractivity contribution < 1.29 is 18.3 Å². The lowest BCUT2D eigenvalue weighted by Crippen LogP contribution is -2.05. The Morgan fingerprint density at radius 1 is 1.36 bits per heavy atom. The molecule has 0 spiro atoms. The van der Waals surface area contributed by atoms with E-state index in [0.29, 0.717) is 5.56 Å². The topological polar surface area (TPSA) is 20.2 Å². The van der Waals surface area contributed by atoms with Gasteiger partial charge in [0.15, 0.2) is 0 Å². The third-order valence-electron chi connectivity index (χ3n) is 1.78. The summed E-state index contributed by atoms with van der Waals surface area (Å²) in [5, 5.41) is 9.19. The van der Waals surface area contributed by atoms with Crippen LogP contribution < -0.4 is 0 Å². The second-order valence-electron chi connectivity index (χ2n) is 2.91. The molecule has 0 radical (unpaired) electrons. The van der Waals surface area contributed by atoms with Gasteiger partial charge in [-0.1, -0.05) is 22.0 Å². The van der Waals surface area contributed by atoms with E-state index in [1.54, 1.807) is 0 Å². The number of halogens is 4. The molecule has 0 saturated carbocycles. The fourth-order valence-electron chi connectivity index (χ4n) is 1.04. The van der Waals surface area contributed by atoms with E-state index in [9.17, 15) is 18.3 Å². The second kappa shape index (κ2) is 3.90. The van der Waals surface area contributed by atoms with Crippen LogP contribution in [0.25, 0.3) is 0 Å². The van der Waals surface area contributed by atoms with Crippen molar-refractivity contribution in [3.8, 4) is 0 Å². The van der Waals surface area contributed by atoms with E-state index >= 15 is 0 Å². The van der Waals surface area contributed by atoms with Crippen molar-refractivity contribution in [2.45, 2.75) is 19.2 Å². The summed E-state index contributed by atoms with van der Waals surface area (Å²) < 4.78 is 36.9. The summed E-state index contributed by atoms with van der Waals surface area (Å²) in [6, 6.07) is 3.17. The first-order valence-corrected chi connectivity index (χ1v) is 4.66. The highest BCUT2D eigenvalue weighted by Crippen LogP contribution is 2.33. The Kier molecular flexibility index (Phi) is 3.21. The van der Waals surface area contributed by atoms with Gasteiger partial charge in [0.25, 0.3) is 0 Å². The molecule has 0 unspecified atom stereocenters. The van der Waals surface area contributed by atoms with Crippen molar-refractivity contribution in [3.05, 3.63) is 33.8 Å². The zero-order valence-corrected chi connectivity index (χ0v) is 8.85. The summed E-state index contributed by atoms with van der Waals surface area (Å²) in [4.78, 5) is 0. The summed E-state index contributed by atoms with van der Waals surface area (Å²) in [5.74, 6) is 0. The van der Waals surface area contributed by atoms with Gasteiger partial charge in [0.1, 0.15) is 0 Å². The van der Waals surface area contributed by atoms with Crippen LogP contribution in [-0.2, 0) is 6.18 Å². The Morgan fingerprint density at radius 3 is 2.29 bits per heavy atom. The van der Waals surface area contributed by atoms with Crippen LogP contribution in [0.15, 0.2) is 22.7 Å². The lowest BCUT2D eigenvalue weighted by Gasteiger charge is -2.11. The van der Waals surface area contributed by atoms with Crippen LogP contribution in [0.3, 0.4) is 0 Å². The van der Waals surface area contributed by atoms with E-state index < -0.39 is 17.8 Å². The van der Waals surface area contributed by atoms with Gasteiger partial charge in [-0.3, -0.25) is 0 Å². The molecule has 0 saturated heterocycles. The van der Waals surface area contributed by atoms with Crippen LogP contribution in [0.5, 0.6) is 0 Å². The van der Waals surface area contributed by atoms with Gasteiger partial charge >= 0.3 is 6.18 Å². The van der Waals surface area contributed by atoms with Gasteiger partial charge in [-0.15, -0.1) is 0 Å². The fourth-order valence-corrected chi connectivity index (χ4v) is 1.75. The Hall–Kier alpha value is -0.550. The van der Waals surface area contributed by atoms with Crippen molar-refractivity contribution >= 4 is 15.9 Å². The Balaban J connectivity index is 3.13. The van der Waals surface area contributed by atoms with Crippen LogP contribution in [0.4, 0.5) is 13.2 Å². The minimum absolute atomic E-state index is 0.266. The highest BCUT2D eigenvalue weighted by Gasteiger charge is 2.30. The van der Waals surface area contributed by atoms with Crippen molar-refractivity contribution in [2.24, 2.45) is 0 Å². The van der Waals surface area contributed by atoms with E-state index in [4.69, 9.17) is 0 Å². The summed E-state index contributed by atoms with van der Waals surface area (Å²) in [6.45, 7) is 1.49. The van der Waals surface area contributed by atoms with E-state index in [1.165, 1.54) is 13.0 Å². The molecule has 14 heavy (non-hydrogen) atoms. The molecule has 0 aliphatic rings. The van der Waals surface area contributed by atoms with Crippen molar-refractivity contribution in [1.29, 1.82) is 0 Å². The average molecular weight is 269 g/mol. The smallest absolute Gasteiger partial charge is 0.389 e. The molecule has 1 atom stereocenters. The maximum atomic E-state index is 12.2. The molecule has 1 aromatic carbocycles. The molecule has 1 nitrogen and oxygen atoms in total. The van der Waals surface area contributed by atoms with Crippen LogP contribution >= 0.6 is 15.9 Å². The molecule has 1 N–H and O–H groups in total. The van der Waals surface area contributed by atoms with Crippen LogP contribution in [0, 0.1) is 0 Å². The van der Waals surface area contributed by atoms with Gasteiger partial charge in [-0.05, 0) is 24.6 Å². The van der Waals surface area contributed by atoms with E-state index in [2.05, 4.69) is 15.9 Å². The maximum Gasteiger partial charge on any atom is 0.416 e. The largest absolute Gasteiger partial charge is 0.416 e. The Bertz CT molecular complexity index is 333. The molecule has 1 aromatic rings. The van der Waals surface area contributed by atoms with Gasteiger partial charge in [-0.25, -0.2) is 0 Å². The third kappa shape index (κ3) is 2.48. The predicted molar refractivity (Wildman–Crippen MR) is 49.8 cm³/mol. The zero-order chi connectivity index (χ0) is 10.9. The van der Waals surface area contributed by atoms with Crippen LogP contribution in [0.1, 0.15) is 24.2 Å². The van der Waals surface area contributed by atoms with Crippen molar-refractivity contribution in [2.75, 3.05) is 0 Å². The molecule has 0 aliphatic heterocycles. The molecule has 5 heteroatoms. The first-order chi connectivity index (χ1) is 6.32. The number of hydrogen-bond donors (Lipinski definition) is 1. The SMILES string of the molecule is C[C@@H](O)c1ccc(C(F)(F)F)cc1Br. The lowest BCUT2D eigenvalue weighted by atomic mass is 10.1. The summed E-state index contributed by atoms with van der Waals surface area (Å²) in [6.07, 6.45) is -5.13. The number of aliphatic hydroxyl groups is 1. The van der Waals surface area contributed by atoms with Gasteiger partial charge in [0.2, 0.25) is 0 Å². The summed E-state index contributed by atoms with van der Waals surface area (Å²) in [7, 11) is 0. The summed E-state index contributed by atoms with van der Waals surface area (Å²) in [5.41, 5.74) is -0.285. The zero-order valence-electron chi connectivity index (χ0n) is 7.27. The molecule has 1 rings (SSSR count). The van der Waals surface area contributed by atoms with Crippen molar-refractivity contribution in [1.82, 2.24) is 0 Å². The second-order valence-corrected chi connectivity index (χ2v) is 3.76. The normalized spacial score (nSPS) is 14.1. The Labute approximate surface area is 87.7 Å². The quantitative estimate of drug-likeness (QED) is 0.827. The van der Waals surface area contributed by atoms with Gasteiger partial charge < -0.3 is 5.11 Å². The van der Waals surface area contributed by atoms with Gasteiger partial charge in [0, 0.05) is 4.47 Å². The molecule has 0 fully saturated rings. The number of hydrogen-bond acceptors (Lipinski definition) is 1. The minimum atomic E-state index is -4.35. The van der Waals surface area contributed by atoms with Crippen LogP contribution in [0.2, 0.25) is 0 Å². The maximum absolute atomic E-state index is 12.2. The number of benzene rings is 1. The first-order valence-electron chi connectivity index (χ1n) is 3.87. The Morgan fingerprint density at radius 2 is 1.93 bits per heavy atom. The van der Waals surface area contributed by atoms with Gasteiger partial charge in [-0.2, -0.15) is 13.2 Å². The van der Waals surface area contributed by atoms with Crippen LogP contribution in [-0.4, -0.2) is 5.11 Å². The molecular weight excluding hydrogens is 261 g/mol. The molecule has 0 heterocycles. The number of alkyl halides is 3. The fraction of sp³-hybridized carbons (Fsp3) is 0.333. The number of aliphatic hydroxyl groups excluding tert-OH is 1.